The summed E-state index contributed by atoms with van der Waals surface area (Å²) >= 11 is 0. The summed E-state index contributed by atoms with van der Waals surface area (Å²) in [7, 11) is 0. The molecule has 4 rings (SSSR count). The molecular formula is C23H35N3O3. The molecule has 0 aliphatic carbocycles. The monoisotopic (exact) mass is 401 g/mol. The lowest BCUT2D eigenvalue weighted by Gasteiger charge is -2.38. The lowest BCUT2D eigenvalue weighted by atomic mass is 9.96. The maximum absolute atomic E-state index is 12.9. The number of carbonyl (C=O) groups excluding carboxylic acids is 1. The van der Waals surface area contributed by atoms with Crippen LogP contribution in [0.4, 0.5) is 5.69 Å². The highest BCUT2D eigenvalue weighted by atomic mass is 16.6. The molecule has 0 saturated carbocycles. The van der Waals surface area contributed by atoms with E-state index < -0.39 is 0 Å². The average Bonchev–Trinajstić information content (AvgIpc) is 3.02. The van der Waals surface area contributed by atoms with E-state index in [0.29, 0.717) is 24.9 Å². The minimum Gasteiger partial charge on any atom is -0.486 e. The van der Waals surface area contributed by atoms with E-state index in [-0.39, 0.29) is 11.9 Å². The van der Waals surface area contributed by atoms with E-state index >= 15 is 0 Å². The summed E-state index contributed by atoms with van der Waals surface area (Å²) in [5, 5.41) is 3.07. The van der Waals surface area contributed by atoms with Crippen LogP contribution in [0.15, 0.2) is 18.2 Å². The van der Waals surface area contributed by atoms with Crippen molar-refractivity contribution in [2.45, 2.75) is 51.5 Å². The standard InChI is InChI=1S/C23H35N3O3/c1-18(23(27)24-20-8-9-21-22(15-20)29-14-13-28-21)26-12-6-7-19(17-26)16-25-10-4-2-3-5-11-25/h8-9,15,18-19H,2-7,10-14,16-17H2,1H3,(H,24,27). The van der Waals surface area contributed by atoms with E-state index in [1.165, 1.54) is 58.2 Å². The summed E-state index contributed by atoms with van der Waals surface area (Å²) < 4.78 is 11.2. The van der Waals surface area contributed by atoms with Gasteiger partial charge in [-0.05, 0) is 70.3 Å². The molecule has 3 heterocycles. The first-order chi connectivity index (χ1) is 14.2. The van der Waals surface area contributed by atoms with Crippen molar-refractivity contribution in [3.63, 3.8) is 0 Å². The number of amides is 1. The lowest BCUT2D eigenvalue weighted by Crippen LogP contribution is -2.49. The molecule has 0 aromatic heterocycles. The van der Waals surface area contributed by atoms with Gasteiger partial charge in [0, 0.05) is 24.8 Å². The maximum Gasteiger partial charge on any atom is 0.241 e. The van der Waals surface area contributed by atoms with Gasteiger partial charge < -0.3 is 19.7 Å². The first-order valence-corrected chi connectivity index (χ1v) is 11.4. The van der Waals surface area contributed by atoms with E-state index in [1.807, 2.05) is 25.1 Å². The predicted molar refractivity (Wildman–Crippen MR) is 115 cm³/mol. The van der Waals surface area contributed by atoms with Gasteiger partial charge in [0.25, 0.3) is 0 Å². The van der Waals surface area contributed by atoms with Crippen LogP contribution in [0.2, 0.25) is 0 Å². The van der Waals surface area contributed by atoms with Crippen LogP contribution in [0, 0.1) is 5.92 Å². The Morgan fingerprint density at radius 3 is 2.62 bits per heavy atom. The van der Waals surface area contributed by atoms with Crippen molar-refractivity contribution in [1.29, 1.82) is 0 Å². The molecule has 0 spiro atoms. The predicted octanol–water partition coefficient (Wildman–Crippen LogP) is 3.37. The highest BCUT2D eigenvalue weighted by molar-refractivity contribution is 5.94. The van der Waals surface area contributed by atoms with E-state index in [4.69, 9.17) is 9.47 Å². The Morgan fingerprint density at radius 2 is 1.83 bits per heavy atom. The number of ether oxygens (including phenoxy) is 2. The smallest absolute Gasteiger partial charge is 0.241 e. The molecule has 1 amide bonds. The van der Waals surface area contributed by atoms with Gasteiger partial charge in [-0.2, -0.15) is 0 Å². The molecule has 2 atom stereocenters. The van der Waals surface area contributed by atoms with Gasteiger partial charge in [-0.3, -0.25) is 9.69 Å². The number of hydrogen-bond donors (Lipinski definition) is 1. The molecule has 2 saturated heterocycles. The van der Waals surface area contributed by atoms with Crippen LogP contribution < -0.4 is 14.8 Å². The van der Waals surface area contributed by atoms with Gasteiger partial charge in [-0.1, -0.05) is 12.8 Å². The number of nitrogens with zero attached hydrogens (tertiary/aromatic N) is 2. The summed E-state index contributed by atoms with van der Waals surface area (Å²) in [5.74, 6) is 2.18. The number of likely N-dealkylation sites (tertiary alicyclic amines) is 2. The van der Waals surface area contributed by atoms with E-state index in [1.54, 1.807) is 0 Å². The highest BCUT2D eigenvalue weighted by Gasteiger charge is 2.28. The fourth-order valence-corrected chi connectivity index (χ4v) is 4.82. The minimum absolute atomic E-state index is 0.0529. The molecule has 6 heteroatoms. The number of nitrogens with one attached hydrogen (secondary N) is 1. The number of piperidine rings is 1. The number of carbonyl (C=O) groups is 1. The third-order valence-electron chi connectivity index (χ3n) is 6.50. The van der Waals surface area contributed by atoms with Crippen LogP contribution >= 0.6 is 0 Å². The second-order valence-electron chi connectivity index (χ2n) is 8.74. The molecule has 6 nitrogen and oxygen atoms in total. The van der Waals surface area contributed by atoms with Gasteiger partial charge in [-0.25, -0.2) is 0 Å². The largest absolute Gasteiger partial charge is 0.486 e. The van der Waals surface area contributed by atoms with Crippen LogP contribution in [-0.2, 0) is 4.79 Å². The van der Waals surface area contributed by atoms with Crippen LogP contribution in [0.5, 0.6) is 11.5 Å². The number of anilines is 1. The van der Waals surface area contributed by atoms with E-state index in [9.17, 15) is 4.79 Å². The molecule has 3 aliphatic heterocycles. The Kier molecular flexibility index (Phi) is 6.93. The second-order valence-corrected chi connectivity index (χ2v) is 8.74. The van der Waals surface area contributed by atoms with Crippen LogP contribution in [0.25, 0.3) is 0 Å². The molecule has 0 bridgehead atoms. The Balaban J connectivity index is 1.30. The zero-order valence-electron chi connectivity index (χ0n) is 17.7. The summed E-state index contributed by atoms with van der Waals surface area (Å²) in [6.07, 6.45) is 7.90. The number of hydrogen-bond acceptors (Lipinski definition) is 5. The van der Waals surface area contributed by atoms with Crippen molar-refractivity contribution in [2.24, 2.45) is 5.92 Å². The molecule has 0 radical (unpaired) electrons. The highest BCUT2D eigenvalue weighted by Crippen LogP contribution is 2.32. The average molecular weight is 402 g/mol. The Labute approximate surface area is 174 Å². The molecule has 160 valence electrons. The van der Waals surface area contributed by atoms with Gasteiger partial charge in [-0.15, -0.1) is 0 Å². The molecule has 1 aromatic carbocycles. The third kappa shape index (κ3) is 5.43. The van der Waals surface area contributed by atoms with Crippen molar-refractivity contribution in [3.05, 3.63) is 18.2 Å². The minimum atomic E-state index is -0.130. The van der Waals surface area contributed by atoms with Gasteiger partial charge in [0.2, 0.25) is 5.91 Å². The summed E-state index contributed by atoms with van der Waals surface area (Å²) in [4.78, 5) is 17.9. The zero-order chi connectivity index (χ0) is 20.1. The fraction of sp³-hybridized carbons (Fsp3) is 0.696. The summed E-state index contributed by atoms with van der Waals surface area (Å²) in [5.41, 5.74) is 0.768. The van der Waals surface area contributed by atoms with Gasteiger partial charge >= 0.3 is 0 Å². The maximum atomic E-state index is 12.9. The third-order valence-corrected chi connectivity index (χ3v) is 6.50. The molecule has 2 unspecified atom stereocenters. The van der Waals surface area contributed by atoms with E-state index in [2.05, 4.69) is 15.1 Å². The van der Waals surface area contributed by atoms with Crippen molar-refractivity contribution >= 4 is 11.6 Å². The SMILES string of the molecule is CC(C(=O)Nc1ccc2c(c1)OCCO2)N1CCCC(CN2CCCCCC2)C1. The van der Waals surface area contributed by atoms with Crippen LogP contribution in [0.3, 0.4) is 0 Å². The molecule has 1 aromatic rings. The Morgan fingerprint density at radius 1 is 1.07 bits per heavy atom. The van der Waals surface area contributed by atoms with Crippen molar-refractivity contribution in [1.82, 2.24) is 9.80 Å². The van der Waals surface area contributed by atoms with Crippen LogP contribution in [-0.4, -0.2) is 67.7 Å². The number of benzene rings is 1. The number of rotatable bonds is 5. The first kappa shape index (κ1) is 20.5. The first-order valence-electron chi connectivity index (χ1n) is 11.4. The van der Waals surface area contributed by atoms with Crippen molar-refractivity contribution < 1.29 is 14.3 Å². The topological polar surface area (TPSA) is 54.0 Å². The lowest BCUT2D eigenvalue weighted by molar-refractivity contribution is -0.121. The molecule has 1 N–H and O–H groups in total. The summed E-state index contributed by atoms with van der Waals surface area (Å²) in [6.45, 7) is 8.86. The zero-order valence-corrected chi connectivity index (χ0v) is 17.7. The van der Waals surface area contributed by atoms with Crippen LogP contribution in [0.1, 0.15) is 45.4 Å². The fourth-order valence-electron chi connectivity index (χ4n) is 4.82. The molecule has 29 heavy (non-hydrogen) atoms. The Bertz CT molecular complexity index is 688. The van der Waals surface area contributed by atoms with Gasteiger partial charge in [0.1, 0.15) is 13.2 Å². The molecule has 3 aliphatic rings. The second kappa shape index (κ2) is 9.81. The van der Waals surface area contributed by atoms with E-state index in [0.717, 1.165) is 24.5 Å². The normalized spacial score (nSPS) is 24.5. The molecule has 2 fully saturated rings. The van der Waals surface area contributed by atoms with Crippen molar-refractivity contribution in [2.75, 3.05) is 51.3 Å². The number of fused-ring (bicyclic) bond motifs is 1. The molecular weight excluding hydrogens is 366 g/mol. The quantitative estimate of drug-likeness (QED) is 0.820. The van der Waals surface area contributed by atoms with Gasteiger partial charge in [0.15, 0.2) is 11.5 Å². The summed E-state index contributed by atoms with van der Waals surface area (Å²) in [6, 6.07) is 5.48. The Hall–Kier alpha value is -1.79. The van der Waals surface area contributed by atoms with Gasteiger partial charge in [0.05, 0.1) is 6.04 Å². The van der Waals surface area contributed by atoms with Crippen molar-refractivity contribution in [3.8, 4) is 11.5 Å².